The molecule has 2 saturated heterocycles. The number of ether oxygens (including phenoxy) is 2. The Balaban J connectivity index is 1.91. The monoisotopic (exact) mass is 312 g/mol. The van der Waals surface area contributed by atoms with Crippen LogP contribution in [-0.4, -0.2) is 66.3 Å². The topological polar surface area (TPSA) is 59.1 Å². The van der Waals surface area contributed by atoms with Crippen LogP contribution in [-0.2, 0) is 14.3 Å². The quantitative estimate of drug-likeness (QED) is 0.729. The van der Waals surface area contributed by atoms with Gasteiger partial charge in [-0.3, -0.25) is 9.69 Å². The average Bonchev–Trinajstić information content (AvgIpc) is 2.79. The van der Waals surface area contributed by atoms with Crippen molar-refractivity contribution in [1.29, 1.82) is 0 Å². The second-order valence-corrected chi connectivity index (χ2v) is 8.06. The second-order valence-electron chi connectivity index (χ2n) is 8.06. The Bertz CT molecular complexity index is 461. The van der Waals surface area contributed by atoms with E-state index in [1.54, 1.807) is 4.90 Å². The predicted molar refractivity (Wildman–Crippen MR) is 82.5 cm³/mol. The van der Waals surface area contributed by atoms with E-state index in [1.165, 1.54) is 7.11 Å². The highest BCUT2D eigenvalue weighted by molar-refractivity contribution is 5.79. The molecule has 0 aromatic carbocycles. The fourth-order valence-electron chi connectivity index (χ4n) is 3.27. The summed E-state index contributed by atoms with van der Waals surface area (Å²) in [5, 5.41) is 0. The summed E-state index contributed by atoms with van der Waals surface area (Å²) >= 11 is 0. The number of nitrogens with zero attached hydrogens (tertiary/aromatic N) is 2. The van der Waals surface area contributed by atoms with Crippen LogP contribution in [0.3, 0.4) is 0 Å². The van der Waals surface area contributed by atoms with Crippen LogP contribution in [0, 0.1) is 5.41 Å². The maximum atomic E-state index is 12.0. The van der Waals surface area contributed by atoms with E-state index in [2.05, 4.69) is 4.90 Å². The van der Waals surface area contributed by atoms with Crippen LogP contribution in [0.25, 0.3) is 0 Å². The summed E-state index contributed by atoms with van der Waals surface area (Å²) in [5.41, 5.74) is -0.985. The highest BCUT2D eigenvalue weighted by atomic mass is 16.6. The Morgan fingerprint density at radius 3 is 2.14 bits per heavy atom. The summed E-state index contributed by atoms with van der Waals surface area (Å²) in [6.07, 6.45) is 0.746. The number of carbonyl (C=O) groups is 2. The Labute approximate surface area is 132 Å². The first-order valence-electron chi connectivity index (χ1n) is 7.81. The molecule has 2 aliphatic heterocycles. The summed E-state index contributed by atoms with van der Waals surface area (Å²) in [7, 11) is 1.42. The van der Waals surface area contributed by atoms with Crippen LogP contribution in [0.15, 0.2) is 0 Å². The zero-order valence-electron chi connectivity index (χ0n) is 14.6. The maximum Gasteiger partial charge on any atom is 0.410 e. The van der Waals surface area contributed by atoms with Crippen molar-refractivity contribution in [3.8, 4) is 0 Å². The molecule has 0 unspecified atom stereocenters. The molecule has 126 valence electrons. The van der Waals surface area contributed by atoms with E-state index in [-0.39, 0.29) is 17.5 Å². The van der Waals surface area contributed by atoms with E-state index in [1.807, 2.05) is 34.6 Å². The van der Waals surface area contributed by atoms with Crippen LogP contribution in [0.1, 0.15) is 41.0 Å². The molecule has 0 aromatic heterocycles. The minimum atomic E-state index is -0.620. The molecule has 0 N–H and O–H groups in total. The van der Waals surface area contributed by atoms with Crippen molar-refractivity contribution < 1.29 is 19.1 Å². The molecule has 2 fully saturated rings. The first-order chi connectivity index (χ1) is 9.99. The molecule has 6 nitrogen and oxygen atoms in total. The van der Waals surface area contributed by atoms with Crippen molar-refractivity contribution in [3.63, 3.8) is 0 Å². The van der Waals surface area contributed by atoms with Gasteiger partial charge in [0.2, 0.25) is 0 Å². The van der Waals surface area contributed by atoms with Crippen molar-refractivity contribution in [3.05, 3.63) is 0 Å². The number of methoxy groups -OCH3 is 1. The van der Waals surface area contributed by atoms with Gasteiger partial charge in [-0.25, -0.2) is 4.79 Å². The molecule has 0 aliphatic carbocycles. The molecule has 0 saturated carbocycles. The van der Waals surface area contributed by atoms with Gasteiger partial charge in [-0.15, -0.1) is 0 Å². The lowest BCUT2D eigenvalue weighted by atomic mass is 9.79. The first kappa shape index (κ1) is 17.1. The van der Waals surface area contributed by atoms with E-state index in [9.17, 15) is 9.59 Å². The van der Waals surface area contributed by atoms with Gasteiger partial charge in [-0.1, -0.05) is 0 Å². The third kappa shape index (κ3) is 3.21. The molecule has 6 heteroatoms. The summed E-state index contributed by atoms with van der Waals surface area (Å²) < 4.78 is 10.3. The van der Waals surface area contributed by atoms with Gasteiger partial charge >= 0.3 is 12.1 Å². The molecule has 0 bridgehead atoms. The Kier molecular flexibility index (Phi) is 4.19. The number of rotatable bonds is 2. The van der Waals surface area contributed by atoms with E-state index >= 15 is 0 Å². The predicted octanol–water partition coefficient (Wildman–Crippen LogP) is 1.88. The first-order valence-corrected chi connectivity index (χ1v) is 7.81. The molecule has 0 radical (unpaired) electrons. The van der Waals surface area contributed by atoms with Crippen LogP contribution in [0.4, 0.5) is 4.79 Å². The molecule has 2 aliphatic rings. The summed E-state index contributed by atoms with van der Waals surface area (Å²) in [4.78, 5) is 27.9. The van der Waals surface area contributed by atoms with Crippen LogP contribution in [0.2, 0.25) is 0 Å². The smallest absolute Gasteiger partial charge is 0.410 e. The van der Waals surface area contributed by atoms with Crippen molar-refractivity contribution in [2.45, 2.75) is 52.2 Å². The van der Waals surface area contributed by atoms with Gasteiger partial charge in [0.25, 0.3) is 0 Å². The SMILES string of the molecule is COC(=O)C(C)(C)N1CCC2(CN(C(=O)OC(C)(C)C)C2)C1. The van der Waals surface area contributed by atoms with Crippen molar-refractivity contribution >= 4 is 12.1 Å². The van der Waals surface area contributed by atoms with Crippen LogP contribution < -0.4 is 0 Å². The molecule has 1 amide bonds. The number of hydrogen-bond acceptors (Lipinski definition) is 5. The highest BCUT2D eigenvalue weighted by Crippen LogP contribution is 2.42. The fourth-order valence-corrected chi connectivity index (χ4v) is 3.27. The normalized spacial score (nSPS) is 21.6. The largest absolute Gasteiger partial charge is 0.468 e. The lowest BCUT2D eigenvalue weighted by molar-refractivity contribution is -0.153. The van der Waals surface area contributed by atoms with E-state index in [4.69, 9.17) is 9.47 Å². The summed E-state index contributed by atoms with van der Waals surface area (Å²) in [5.74, 6) is -0.215. The number of likely N-dealkylation sites (tertiary alicyclic amines) is 2. The average molecular weight is 312 g/mol. The lowest BCUT2D eigenvalue weighted by Gasteiger charge is -2.48. The third-order valence-corrected chi connectivity index (χ3v) is 4.62. The molecule has 22 heavy (non-hydrogen) atoms. The highest BCUT2D eigenvalue weighted by Gasteiger charge is 2.53. The Morgan fingerprint density at radius 2 is 1.64 bits per heavy atom. The number of amides is 1. The van der Waals surface area contributed by atoms with Crippen LogP contribution >= 0.6 is 0 Å². The summed E-state index contributed by atoms with van der Waals surface area (Å²) in [6.45, 7) is 12.5. The number of hydrogen-bond donors (Lipinski definition) is 0. The molecular weight excluding hydrogens is 284 g/mol. The Hall–Kier alpha value is -1.30. The summed E-state index contributed by atoms with van der Waals surface area (Å²) in [6, 6.07) is 0. The van der Waals surface area contributed by atoms with Crippen molar-refractivity contribution in [2.24, 2.45) is 5.41 Å². The van der Waals surface area contributed by atoms with Crippen LogP contribution in [0.5, 0.6) is 0 Å². The van der Waals surface area contributed by atoms with E-state index < -0.39 is 11.1 Å². The van der Waals surface area contributed by atoms with Gasteiger partial charge in [-0.05, 0) is 47.6 Å². The molecular formula is C16H28N2O4. The molecule has 1 spiro atoms. The zero-order valence-corrected chi connectivity index (χ0v) is 14.6. The van der Waals surface area contributed by atoms with Gasteiger partial charge in [0.15, 0.2) is 0 Å². The molecule has 2 heterocycles. The zero-order chi connectivity index (χ0) is 16.8. The van der Waals surface area contributed by atoms with Gasteiger partial charge in [0.1, 0.15) is 11.1 Å². The molecule has 2 rings (SSSR count). The lowest BCUT2D eigenvalue weighted by Crippen LogP contribution is -2.61. The number of carbonyl (C=O) groups excluding carboxylic acids is 2. The van der Waals surface area contributed by atoms with Gasteiger partial charge in [0, 0.05) is 25.0 Å². The minimum Gasteiger partial charge on any atom is -0.468 e. The van der Waals surface area contributed by atoms with Gasteiger partial charge in [-0.2, -0.15) is 0 Å². The Morgan fingerprint density at radius 1 is 1.05 bits per heavy atom. The maximum absolute atomic E-state index is 12.0. The fraction of sp³-hybridized carbons (Fsp3) is 0.875. The molecule has 0 aromatic rings. The van der Waals surface area contributed by atoms with E-state index in [0.29, 0.717) is 13.1 Å². The van der Waals surface area contributed by atoms with Gasteiger partial charge < -0.3 is 14.4 Å². The second kappa shape index (κ2) is 5.41. The number of esters is 1. The van der Waals surface area contributed by atoms with Crippen molar-refractivity contribution in [1.82, 2.24) is 9.80 Å². The van der Waals surface area contributed by atoms with Crippen molar-refractivity contribution in [2.75, 3.05) is 33.3 Å². The minimum absolute atomic E-state index is 0.0994. The van der Waals surface area contributed by atoms with E-state index in [0.717, 1.165) is 19.5 Å². The third-order valence-electron chi connectivity index (χ3n) is 4.62. The molecule has 0 atom stereocenters. The standard InChI is InChI=1S/C16H28N2O4/c1-14(2,3)22-13(20)17-9-16(10-17)7-8-18(11-16)15(4,5)12(19)21-6/h7-11H2,1-6H3. The van der Waals surface area contributed by atoms with Gasteiger partial charge in [0.05, 0.1) is 7.11 Å².